The van der Waals surface area contributed by atoms with Crippen LogP contribution in [0.25, 0.3) is 0 Å². The predicted octanol–water partition coefficient (Wildman–Crippen LogP) is 10.3. The topological polar surface area (TPSA) is 0 Å². The van der Waals surface area contributed by atoms with Crippen molar-refractivity contribution in [2.45, 2.75) is 104 Å². The van der Waals surface area contributed by atoms with E-state index in [2.05, 4.69) is 110 Å². The van der Waals surface area contributed by atoms with E-state index in [1.807, 2.05) is 0 Å². The van der Waals surface area contributed by atoms with E-state index in [4.69, 9.17) is 0 Å². The third kappa shape index (κ3) is 11.9. The molecule has 3 aromatic carbocycles. The van der Waals surface area contributed by atoms with Gasteiger partial charge in [0.05, 0.1) is 0 Å². The van der Waals surface area contributed by atoms with Crippen LogP contribution < -0.4 is 0 Å². The van der Waals surface area contributed by atoms with Gasteiger partial charge in [-0.15, -0.1) is 0 Å². The van der Waals surface area contributed by atoms with E-state index in [9.17, 15) is 0 Å². The summed E-state index contributed by atoms with van der Waals surface area (Å²) in [4.78, 5) is 0. The Morgan fingerprint density at radius 3 is 0.947 bits per heavy atom. The van der Waals surface area contributed by atoms with Crippen molar-refractivity contribution in [1.82, 2.24) is 0 Å². The Bertz CT molecular complexity index is 1160. The SMILES string of the molecule is CCCCCCCCCCc1ccc(C#Cc2ccc(C#Cc3ccc(CCCCCC)cc3)cc2)cc1. The first kappa shape index (κ1) is 29.3. The summed E-state index contributed by atoms with van der Waals surface area (Å²) in [5.74, 6) is 13.2. The highest BCUT2D eigenvalue weighted by molar-refractivity contribution is 5.48. The van der Waals surface area contributed by atoms with Crippen LogP contribution in [0.2, 0.25) is 0 Å². The first-order chi connectivity index (χ1) is 18.8. The highest BCUT2D eigenvalue weighted by Gasteiger charge is 1.97. The van der Waals surface area contributed by atoms with Gasteiger partial charge >= 0.3 is 0 Å². The quantitative estimate of drug-likeness (QED) is 0.152. The lowest BCUT2D eigenvalue weighted by Gasteiger charge is -2.03. The van der Waals surface area contributed by atoms with Crippen molar-refractivity contribution >= 4 is 0 Å². The number of hydrogen-bond donors (Lipinski definition) is 0. The lowest BCUT2D eigenvalue weighted by atomic mass is 10.0. The first-order valence-corrected chi connectivity index (χ1v) is 15.1. The van der Waals surface area contributed by atoms with E-state index < -0.39 is 0 Å². The summed E-state index contributed by atoms with van der Waals surface area (Å²) < 4.78 is 0. The van der Waals surface area contributed by atoms with Gasteiger partial charge in [-0.05, 0) is 85.3 Å². The minimum atomic E-state index is 1.02. The lowest BCUT2D eigenvalue weighted by molar-refractivity contribution is 0.575. The molecular formula is C38H46. The molecule has 0 bridgehead atoms. The Kier molecular flexibility index (Phi) is 14.0. The fourth-order valence-corrected chi connectivity index (χ4v) is 4.65. The fraction of sp³-hybridized carbons (Fsp3) is 0.421. The molecule has 0 spiro atoms. The molecule has 0 radical (unpaired) electrons. The largest absolute Gasteiger partial charge is 0.0654 e. The fourth-order valence-electron chi connectivity index (χ4n) is 4.65. The molecule has 0 amide bonds. The molecule has 0 aliphatic rings. The zero-order valence-corrected chi connectivity index (χ0v) is 23.8. The molecule has 3 rings (SSSR count). The molecule has 0 saturated carbocycles. The standard InChI is InChI=1S/C38H46/c1-3-5-7-9-10-11-12-14-16-34-19-23-36(24-20-34)26-28-38-31-29-37(30-32-38)27-25-35-21-17-33(18-22-35)15-13-8-6-4-2/h17-24,29-32H,3-16H2,1-2H3. The average Bonchev–Trinajstić information content (AvgIpc) is 2.96. The van der Waals surface area contributed by atoms with Crippen LogP contribution in [0.1, 0.15) is 124 Å². The highest BCUT2D eigenvalue weighted by atomic mass is 14.0. The number of unbranched alkanes of at least 4 members (excludes halogenated alkanes) is 10. The molecule has 0 N–H and O–H groups in total. The van der Waals surface area contributed by atoms with Crippen LogP contribution in [-0.2, 0) is 12.8 Å². The van der Waals surface area contributed by atoms with E-state index in [-0.39, 0.29) is 0 Å². The number of aryl methyl sites for hydroxylation is 2. The molecule has 0 heteroatoms. The summed E-state index contributed by atoms with van der Waals surface area (Å²) in [5, 5.41) is 0. The molecule has 0 saturated heterocycles. The van der Waals surface area contributed by atoms with E-state index in [1.165, 1.54) is 101 Å². The molecule has 0 unspecified atom stereocenters. The Balaban J connectivity index is 1.41. The predicted molar refractivity (Wildman–Crippen MR) is 165 cm³/mol. The van der Waals surface area contributed by atoms with Gasteiger partial charge in [-0.1, -0.05) is 126 Å². The normalized spacial score (nSPS) is 10.4. The van der Waals surface area contributed by atoms with Crippen LogP contribution in [0.5, 0.6) is 0 Å². The zero-order chi connectivity index (χ0) is 26.7. The monoisotopic (exact) mass is 502 g/mol. The molecule has 38 heavy (non-hydrogen) atoms. The van der Waals surface area contributed by atoms with Gasteiger partial charge in [0.15, 0.2) is 0 Å². The summed E-state index contributed by atoms with van der Waals surface area (Å²) in [6.45, 7) is 4.54. The highest BCUT2D eigenvalue weighted by Crippen LogP contribution is 2.13. The second-order valence-electron chi connectivity index (χ2n) is 10.5. The van der Waals surface area contributed by atoms with Gasteiger partial charge in [0.25, 0.3) is 0 Å². The summed E-state index contributed by atoms with van der Waals surface area (Å²) in [7, 11) is 0. The van der Waals surface area contributed by atoms with Crippen molar-refractivity contribution in [2.24, 2.45) is 0 Å². The molecule has 0 aliphatic heterocycles. The molecular weight excluding hydrogens is 456 g/mol. The van der Waals surface area contributed by atoms with E-state index in [1.54, 1.807) is 0 Å². The molecule has 198 valence electrons. The van der Waals surface area contributed by atoms with E-state index in [0.29, 0.717) is 0 Å². The second kappa shape index (κ2) is 18.1. The third-order valence-corrected chi connectivity index (χ3v) is 7.13. The van der Waals surface area contributed by atoms with Gasteiger partial charge in [0.1, 0.15) is 0 Å². The van der Waals surface area contributed by atoms with Crippen molar-refractivity contribution in [3.8, 4) is 23.7 Å². The molecule has 0 aromatic heterocycles. The van der Waals surface area contributed by atoms with Crippen LogP contribution in [0.4, 0.5) is 0 Å². The Morgan fingerprint density at radius 1 is 0.342 bits per heavy atom. The molecule has 0 fully saturated rings. The number of benzene rings is 3. The van der Waals surface area contributed by atoms with Crippen LogP contribution in [-0.4, -0.2) is 0 Å². The molecule has 0 heterocycles. The average molecular weight is 503 g/mol. The van der Waals surface area contributed by atoms with Crippen molar-refractivity contribution in [2.75, 3.05) is 0 Å². The van der Waals surface area contributed by atoms with Gasteiger partial charge in [-0.2, -0.15) is 0 Å². The lowest BCUT2D eigenvalue weighted by Crippen LogP contribution is -1.87. The smallest absolute Gasteiger partial charge is 0.0249 e. The minimum absolute atomic E-state index is 1.02. The summed E-state index contributed by atoms with van der Waals surface area (Å²) in [6.07, 6.45) is 18.5. The maximum absolute atomic E-state index is 3.31. The van der Waals surface area contributed by atoms with Gasteiger partial charge in [0.2, 0.25) is 0 Å². The van der Waals surface area contributed by atoms with E-state index >= 15 is 0 Å². The molecule has 0 atom stereocenters. The Morgan fingerprint density at radius 2 is 0.605 bits per heavy atom. The van der Waals surface area contributed by atoms with Crippen molar-refractivity contribution in [1.29, 1.82) is 0 Å². The van der Waals surface area contributed by atoms with Crippen LogP contribution in [0, 0.1) is 23.7 Å². The minimum Gasteiger partial charge on any atom is -0.0654 e. The van der Waals surface area contributed by atoms with Crippen molar-refractivity contribution in [3.05, 3.63) is 106 Å². The number of hydrogen-bond acceptors (Lipinski definition) is 0. The van der Waals surface area contributed by atoms with Crippen molar-refractivity contribution < 1.29 is 0 Å². The molecule has 3 aromatic rings. The summed E-state index contributed by atoms with van der Waals surface area (Å²) >= 11 is 0. The maximum atomic E-state index is 3.31. The van der Waals surface area contributed by atoms with Gasteiger partial charge < -0.3 is 0 Å². The zero-order valence-electron chi connectivity index (χ0n) is 23.8. The summed E-state index contributed by atoms with van der Waals surface area (Å²) in [5.41, 5.74) is 7.01. The van der Waals surface area contributed by atoms with Gasteiger partial charge in [0, 0.05) is 22.3 Å². The molecule has 0 nitrogen and oxygen atoms in total. The van der Waals surface area contributed by atoms with Crippen LogP contribution in [0.3, 0.4) is 0 Å². The van der Waals surface area contributed by atoms with E-state index in [0.717, 1.165) is 22.3 Å². The van der Waals surface area contributed by atoms with Crippen molar-refractivity contribution in [3.63, 3.8) is 0 Å². The second-order valence-corrected chi connectivity index (χ2v) is 10.5. The Labute approximate surface area is 233 Å². The third-order valence-electron chi connectivity index (χ3n) is 7.13. The van der Waals surface area contributed by atoms with Gasteiger partial charge in [-0.3, -0.25) is 0 Å². The first-order valence-electron chi connectivity index (χ1n) is 15.1. The van der Waals surface area contributed by atoms with Crippen LogP contribution >= 0.6 is 0 Å². The number of rotatable bonds is 14. The van der Waals surface area contributed by atoms with Crippen LogP contribution in [0.15, 0.2) is 72.8 Å². The molecule has 0 aliphatic carbocycles. The summed E-state index contributed by atoms with van der Waals surface area (Å²) in [6, 6.07) is 25.8. The van der Waals surface area contributed by atoms with Gasteiger partial charge in [-0.25, -0.2) is 0 Å². The maximum Gasteiger partial charge on any atom is 0.0249 e. The Hall–Kier alpha value is -3.22.